The smallest absolute Gasteiger partial charge is 0.203 e. The molecule has 0 bridgehead atoms. The van der Waals surface area contributed by atoms with Crippen molar-refractivity contribution in [2.75, 3.05) is 6.54 Å². The van der Waals surface area contributed by atoms with Crippen LogP contribution in [0.3, 0.4) is 0 Å². The zero-order valence-electron chi connectivity index (χ0n) is 10.5. The zero-order chi connectivity index (χ0) is 13.3. The second-order valence-electron chi connectivity index (χ2n) is 4.45. The maximum atomic E-state index is 13.3. The van der Waals surface area contributed by atoms with Crippen LogP contribution in [-0.4, -0.2) is 11.5 Å². The quantitative estimate of drug-likeness (QED) is 0.923. The van der Waals surface area contributed by atoms with Crippen LogP contribution in [-0.2, 0) is 5.41 Å². The molecule has 1 aromatic carbocycles. The van der Waals surface area contributed by atoms with Gasteiger partial charge in [0.25, 0.3) is 0 Å². The van der Waals surface area contributed by atoms with E-state index < -0.39 is 5.82 Å². The number of nitrogens with zero attached hydrogens (tertiary/aromatic N) is 1. The minimum absolute atomic E-state index is 0.238. The molecule has 0 saturated carbocycles. The molecular formula is C13H16ClFN2O. The van der Waals surface area contributed by atoms with Crippen LogP contribution in [0.4, 0.5) is 4.39 Å². The molecule has 0 aliphatic heterocycles. The largest absolute Gasteiger partial charge is 0.438 e. The molecule has 0 unspecified atom stereocenters. The second-order valence-corrected chi connectivity index (χ2v) is 4.85. The summed E-state index contributed by atoms with van der Waals surface area (Å²) in [5.74, 6) is 0.121. The normalized spacial score (nSPS) is 12.3. The molecule has 98 valence electrons. The van der Waals surface area contributed by atoms with Crippen molar-refractivity contribution < 1.29 is 8.81 Å². The maximum absolute atomic E-state index is 13.3. The summed E-state index contributed by atoms with van der Waals surface area (Å²) in [5.41, 5.74) is 6.40. The third kappa shape index (κ3) is 1.99. The Morgan fingerprint density at radius 1 is 1.39 bits per heavy atom. The lowest BCUT2D eigenvalue weighted by atomic mass is 9.82. The first kappa shape index (κ1) is 13.3. The van der Waals surface area contributed by atoms with Crippen molar-refractivity contribution in [1.82, 2.24) is 4.98 Å². The van der Waals surface area contributed by atoms with Gasteiger partial charge in [-0.3, -0.25) is 0 Å². The topological polar surface area (TPSA) is 52.0 Å². The number of halogens is 2. The average molecular weight is 271 g/mol. The van der Waals surface area contributed by atoms with Gasteiger partial charge in [-0.05, 0) is 18.9 Å². The Morgan fingerprint density at radius 3 is 2.61 bits per heavy atom. The van der Waals surface area contributed by atoms with Crippen LogP contribution in [0, 0.1) is 5.82 Å². The molecule has 1 aromatic heterocycles. The summed E-state index contributed by atoms with van der Waals surface area (Å²) in [6.07, 6.45) is 1.62. The van der Waals surface area contributed by atoms with Crippen LogP contribution >= 0.6 is 11.6 Å². The van der Waals surface area contributed by atoms with E-state index in [0.29, 0.717) is 23.5 Å². The average Bonchev–Trinajstić information content (AvgIpc) is 2.77. The Hall–Kier alpha value is -1.13. The van der Waals surface area contributed by atoms with Crippen LogP contribution in [0.5, 0.6) is 0 Å². The van der Waals surface area contributed by atoms with Crippen LogP contribution in [0.1, 0.15) is 32.6 Å². The first-order valence-corrected chi connectivity index (χ1v) is 6.40. The standard InChI is InChI=1S/C13H16ClFN2O/c1-3-13(4-2,7-16)12-17-10-6-8(15)5-9(14)11(10)18-12/h5-6H,3-4,7,16H2,1-2H3. The molecule has 2 aromatic rings. The number of benzene rings is 1. The highest BCUT2D eigenvalue weighted by Crippen LogP contribution is 2.34. The molecule has 0 radical (unpaired) electrons. The summed E-state index contributed by atoms with van der Waals surface area (Å²) >= 11 is 5.95. The third-order valence-electron chi connectivity index (χ3n) is 3.61. The summed E-state index contributed by atoms with van der Waals surface area (Å²) in [7, 11) is 0. The van der Waals surface area contributed by atoms with Gasteiger partial charge in [0.05, 0.1) is 10.4 Å². The molecule has 1 heterocycles. The van der Waals surface area contributed by atoms with Crippen molar-refractivity contribution in [3.05, 3.63) is 28.9 Å². The number of rotatable bonds is 4. The van der Waals surface area contributed by atoms with Crippen molar-refractivity contribution in [2.45, 2.75) is 32.1 Å². The summed E-state index contributed by atoms with van der Waals surface area (Å²) < 4.78 is 19.0. The van der Waals surface area contributed by atoms with E-state index in [9.17, 15) is 4.39 Å². The molecule has 2 N–H and O–H groups in total. The number of oxazole rings is 1. The first-order valence-electron chi connectivity index (χ1n) is 6.02. The van der Waals surface area contributed by atoms with Crippen molar-refractivity contribution in [1.29, 1.82) is 0 Å². The fourth-order valence-corrected chi connectivity index (χ4v) is 2.35. The monoisotopic (exact) mass is 270 g/mol. The number of fused-ring (bicyclic) bond motifs is 1. The molecule has 3 nitrogen and oxygen atoms in total. The first-order chi connectivity index (χ1) is 8.56. The number of hydrogen-bond acceptors (Lipinski definition) is 3. The molecule has 2 rings (SSSR count). The van der Waals surface area contributed by atoms with Gasteiger partial charge in [0.15, 0.2) is 5.58 Å². The SMILES string of the molecule is CCC(CC)(CN)c1nc2cc(F)cc(Cl)c2o1. The Kier molecular flexibility index (Phi) is 3.59. The van der Waals surface area contributed by atoms with E-state index in [4.69, 9.17) is 21.8 Å². The Morgan fingerprint density at radius 2 is 2.06 bits per heavy atom. The lowest BCUT2D eigenvalue weighted by molar-refractivity contribution is 0.316. The van der Waals surface area contributed by atoms with Crippen molar-refractivity contribution in [2.24, 2.45) is 5.73 Å². The molecule has 0 atom stereocenters. The fraction of sp³-hybridized carbons (Fsp3) is 0.462. The molecule has 0 spiro atoms. The van der Waals surface area contributed by atoms with Crippen molar-refractivity contribution >= 4 is 22.7 Å². The lowest BCUT2D eigenvalue weighted by Gasteiger charge is -2.25. The highest BCUT2D eigenvalue weighted by molar-refractivity contribution is 6.34. The zero-order valence-corrected chi connectivity index (χ0v) is 11.2. The predicted molar refractivity (Wildman–Crippen MR) is 70.3 cm³/mol. The van der Waals surface area contributed by atoms with Gasteiger partial charge in [0.2, 0.25) is 5.89 Å². The molecule has 5 heteroatoms. The lowest BCUT2D eigenvalue weighted by Crippen LogP contribution is -2.34. The van der Waals surface area contributed by atoms with E-state index >= 15 is 0 Å². The van der Waals surface area contributed by atoms with Gasteiger partial charge in [-0.2, -0.15) is 0 Å². The van der Waals surface area contributed by atoms with E-state index in [0.717, 1.165) is 12.8 Å². The molecule has 0 amide bonds. The molecule has 0 aliphatic carbocycles. The summed E-state index contributed by atoms with van der Waals surface area (Å²) in [6.45, 7) is 4.51. The van der Waals surface area contributed by atoms with Crippen LogP contribution in [0.25, 0.3) is 11.1 Å². The summed E-state index contributed by atoms with van der Waals surface area (Å²) in [5, 5.41) is 0.238. The molecule has 18 heavy (non-hydrogen) atoms. The van der Waals surface area contributed by atoms with Gasteiger partial charge in [0, 0.05) is 12.6 Å². The molecular weight excluding hydrogens is 255 g/mol. The van der Waals surface area contributed by atoms with Gasteiger partial charge in [0.1, 0.15) is 11.3 Å². The van der Waals surface area contributed by atoms with E-state index in [1.807, 2.05) is 13.8 Å². The summed E-state index contributed by atoms with van der Waals surface area (Å²) in [4.78, 5) is 4.35. The highest BCUT2D eigenvalue weighted by Gasteiger charge is 2.32. The van der Waals surface area contributed by atoms with E-state index in [-0.39, 0.29) is 10.4 Å². The van der Waals surface area contributed by atoms with Gasteiger partial charge < -0.3 is 10.2 Å². The predicted octanol–water partition coefficient (Wildman–Crippen LogP) is 3.64. The minimum atomic E-state index is -0.418. The second kappa shape index (κ2) is 4.86. The highest BCUT2D eigenvalue weighted by atomic mass is 35.5. The van der Waals surface area contributed by atoms with E-state index in [2.05, 4.69) is 4.98 Å². The number of nitrogens with two attached hydrogens (primary N) is 1. The molecule has 0 aliphatic rings. The summed E-state index contributed by atoms with van der Waals surface area (Å²) in [6, 6.07) is 2.54. The molecule has 0 fully saturated rings. The fourth-order valence-electron chi connectivity index (χ4n) is 2.12. The minimum Gasteiger partial charge on any atom is -0.438 e. The maximum Gasteiger partial charge on any atom is 0.203 e. The Labute approximate surface area is 110 Å². The third-order valence-corrected chi connectivity index (χ3v) is 3.89. The Balaban J connectivity index is 2.63. The number of aromatic nitrogens is 1. The number of hydrogen-bond donors (Lipinski definition) is 1. The van der Waals surface area contributed by atoms with Crippen LogP contribution in [0.2, 0.25) is 5.02 Å². The van der Waals surface area contributed by atoms with Gasteiger partial charge >= 0.3 is 0 Å². The van der Waals surface area contributed by atoms with E-state index in [1.165, 1.54) is 12.1 Å². The van der Waals surface area contributed by atoms with Gasteiger partial charge in [-0.1, -0.05) is 25.4 Å². The van der Waals surface area contributed by atoms with Crippen molar-refractivity contribution in [3.63, 3.8) is 0 Å². The van der Waals surface area contributed by atoms with Gasteiger partial charge in [-0.15, -0.1) is 0 Å². The Bertz CT molecular complexity index is 555. The van der Waals surface area contributed by atoms with Crippen molar-refractivity contribution in [3.8, 4) is 0 Å². The van der Waals surface area contributed by atoms with E-state index in [1.54, 1.807) is 0 Å². The van der Waals surface area contributed by atoms with Crippen LogP contribution < -0.4 is 5.73 Å². The van der Waals surface area contributed by atoms with Gasteiger partial charge in [-0.25, -0.2) is 9.37 Å². The van der Waals surface area contributed by atoms with Crippen LogP contribution in [0.15, 0.2) is 16.5 Å². The molecule has 0 saturated heterocycles.